The molecule has 158 valence electrons. The van der Waals surface area contributed by atoms with Crippen LogP contribution in [0.3, 0.4) is 0 Å². The molecule has 30 heavy (non-hydrogen) atoms. The lowest BCUT2D eigenvalue weighted by molar-refractivity contribution is -0.134. The van der Waals surface area contributed by atoms with E-state index in [4.69, 9.17) is 5.11 Å². The molecule has 2 heterocycles. The molecule has 2 aromatic carbocycles. The SMILES string of the molecule is O=C(O)CS(=O)(=O)c1ccc(C2CNC(=O)N2c2ccc3c(c2)CCNCC3)cc1. The zero-order valence-electron chi connectivity index (χ0n) is 16.3. The van der Waals surface area contributed by atoms with Gasteiger partial charge < -0.3 is 15.7 Å². The number of carbonyl (C=O) groups is 2. The Labute approximate surface area is 174 Å². The number of carboxylic acids is 1. The summed E-state index contributed by atoms with van der Waals surface area (Å²) in [6, 6.07) is 11.7. The first kappa shape index (κ1) is 20.4. The van der Waals surface area contributed by atoms with Crippen molar-refractivity contribution in [2.45, 2.75) is 23.8 Å². The first-order valence-corrected chi connectivity index (χ1v) is 11.4. The van der Waals surface area contributed by atoms with Crippen molar-refractivity contribution in [3.8, 4) is 0 Å². The number of nitrogens with one attached hydrogen (secondary N) is 2. The van der Waals surface area contributed by atoms with Gasteiger partial charge in [0.15, 0.2) is 15.6 Å². The topological polar surface area (TPSA) is 116 Å². The quantitative estimate of drug-likeness (QED) is 0.664. The highest BCUT2D eigenvalue weighted by Gasteiger charge is 2.33. The van der Waals surface area contributed by atoms with Crippen molar-refractivity contribution in [1.29, 1.82) is 0 Å². The minimum Gasteiger partial charge on any atom is -0.480 e. The minimum absolute atomic E-state index is 0.0463. The molecule has 0 bridgehead atoms. The van der Waals surface area contributed by atoms with Crippen LogP contribution in [0.25, 0.3) is 0 Å². The lowest BCUT2D eigenvalue weighted by atomic mass is 10.0. The van der Waals surface area contributed by atoms with Crippen LogP contribution in [0.1, 0.15) is 22.7 Å². The van der Waals surface area contributed by atoms with Crippen LogP contribution in [0.2, 0.25) is 0 Å². The molecule has 0 saturated carbocycles. The van der Waals surface area contributed by atoms with Gasteiger partial charge in [-0.2, -0.15) is 0 Å². The maximum atomic E-state index is 12.6. The summed E-state index contributed by atoms with van der Waals surface area (Å²) in [5.41, 5.74) is 4.09. The minimum atomic E-state index is -3.89. The standard InChI is InChI=1S/C21H23N3O5S/c25-20(26)13-30(28,29)18-5-2-15(3-6-18)19-12-23-21(27)24(19)17-4-1-14-7-9-22-10-8-16(14)11-17/h1-6,11,19,22H,7-10,12-13H2,(H,23,27)(H,25,26). The summed E-state index contributed by atoms with van der Waals surface area (Å²) >= 11 is 0. The number of sulfone groups is 1. The molecule has 9 heteroatoms. The van der Waals surface area contributed by atoms with Gasteiger partial charge in [-0.1, -0.05) is 18.2 Å². The summed E-state index contributed by atoms with van der Waals surface area (Å²) in [5, 5.41) is 15.0. The number of benzene rings is 2. The fourth-order valence-corrected chi connectivity index (χ4v) is 5.06. The number of urea groups is 1. The molecule has 0 aliphatic carbocycles. The van der Waals surface area contributed by atoms with Gasteiger partial charge in [0.05, 0.1) is 10.9 Å². The highest BCUT2D eigenvalue weighted by Crippen LogP contribution is 2.33. The molecule has 2 aliphatic heterocycles. The van der Waals surface area contributed by atoms with Crippen LogP contribution in [0.5, 0.6) is 0 Å². The van der Waals surface area contributed by atoms with Crippen molar-refractivity contribution in [1.82, 2.24) is 10.6 Å². The summed E-state index contributed by atoms with van der Waals surface area (Å²) in [5.74, 6) is -2.35. The Morgan fingerprint density at radius 3 is 2.47 bits per heavy atom. The van der Waals surface area contributed by atoms with E-state index in [1.807, 2.05) is 6.07 Å². The molecule has 1 unspecified atom stereocenters. The van der Waals surface area contributed by atoms with Gasteiger partial charge in [-0.3, -0.25) is 9.69 Å². The zero-order chi connectivity index (χ0) is 21.3. The molecule has 4 rings (SSSR count). The van der Waals surface area contributed by atoms with Gasteiger partial charge in [0.25, 0.3) is 0 Å². The van der Waals surface area contributed by atoms with E-state index >= 15 is 0 Å². The predicted octanol–water partition coefficient (Wildman–Crippen LogP) is 1.50. The summed E-state index contributed by atoms with van der Waals surface area (Å²) in [6.07, 6.45) is 1.86. The zero-order valence-corrected chi connectivity index (χ0v) is 17.1. The summed E-state index contributed by atoms with van der Waals surface area (Å²) in [7, 11) is -3.89. The summed E-state index contributed by atoms with van der Waals surface area (Å²) < 4.78 is 24.2. The van der Waals surface area contributed by atoms with Crippen LogP contribution in [0.15, 0.2) is 47.4 Å². The number of amides is 2. The molecule has 1 saturated heterocycles. The van der Waals surface area contributed by atoms with Gasteiger partial charge >= 0.3 is 12.0 Å². The highest BCUT2D eigenvalue weighted by atomic mass is 32.2. The molecular formula is C21H23N3O5S. The van der Waals surface area contributed by atoms with Gasteiger partial charge in [0, 0.05) is 12.2 Å². The van der Waals surface area contributed by atoms with Gasteiger partial charge in [0.2, 0.25) is 0 Å². The molecule has 1 atom stereocenters. The van der Waals surface area contributed by atoms with Crippen molar-refractivity contribution in [3.05, 3.63) is 59.2 Å². The van der Waals surface area contributed by atoms with Gasteiger partial charge in [-0.05, 0) is 66.9 Å². The van der Waals surface area contributed by atoms with Crippen molar-refractivity contribution >= 4 is 27.5 Å². The van der Waals surface area contributed by atoms with E-state index in [9.17, 15) is 18.0 Å². The molecule has 2 aliphatic rings. The molecule has 0 aromatic heterocycles. The Hall–Kier alpha value is -2.91. The van der Waals surface area contributed by atoms with E-state index < -0.39 is 21.6 Å². The monoisotopic (exact) mass is 429 g/mol. The fourth-order valence-electron chi connectivity index (χ4n) is 4.02. The average Bonchev–Trinajstić information content (AvgIpc) is 2.93. The second-order valence-corrected chi connectivity index (χ2v) is 9.49. The molecule has 3 N–H and O–H groups in total. The largest absolute Gasteiger partial charge is 0.480 e. The number of anilines is 1. The summed E-state index contributed by atoms with van der Waals surface area (Å²) in [6.45, 7) is 2.24. The lowest BCUT2D eigenvalue weighted by Crippen LogP contribution is -2.29. The van der Waals surface area contributed by atoms with Crippen molar-refractivity contribution < 1.29 is 23.1 Å². The summed E-state index contributed by atoms with van der Waals surface area (Å²) in [4.78, 5) is 25.0. The van der Waals surface area contributed by atoms with E-state index in [0.29, 0.717) is 6.54 Å². The van der Waals surface area contributed by atoms with E-state index in [0.717, 1.165) is 37.2 Å². The molecule has 0 radical (unpaired) electrons. The van der Waals surface area contributed by atoms with Gasteiger partial charge in [-0.15, -0.1) is 0 Å². The average molecular weight is 429 g/mol. The van der Waals surface area contributed by atoms with E-state index in [-0.39, 0.29) is 17.0 Å². The Morgan fingerprint density at radius 1 is 1.07 bits per heavy atom. The lowest BCUT2D eigenvalue weighted by Gasteiger charge is -2.25. The number of nitrogens with zero attached hydrogens (tertiary/aromatic N) is 1. The van der Waals surface area contributed by atoms with Crippen LogP contribution in [0, 0.1) is 0 Å². The third-order valence-corrected chi connectivity index (χ3v) is 7.14. The molecular weight excluding hydrogens is 406 g/mol. The Bertz CT molecular complexity index is 1080. The van der Waals surface area contributed by atoms with Crippen LogP contribution < -0.4 is 15.5 Å². The van der Waals surface area contributed by atoms with Crippen LogP contribution in [0.4, 0.5) is 10.5 Å². The molecule has 8 nitrogen and oxygen atoms in total. The second-order valence-electron chi connectivity index (χ2n) is 7.50. The van der Waals surface area contributed by atoms with Crippen LogP contribution in [-0.2, 0) is 27.5 Å². The normalized spacial score (nSPS) is 19.1. The first-order valence-electron chi connectivity index (χ1n) is 9.79. The van der Waals surface area contributed by atoms with Gasteiger partial charge in [-0.25, -0.2) is 13.2 Å². The number of hydrogen-bond acceptors (Lipinski definition) is 5. The van der Waals surface area contributed by atoms with Gasteiger partial charge in [0.1, 0.15) is 0 Å². The number of carbonyl (C=O) groups excluding carboxylic acids is 1. The maximum Gasteiger partial charge on any atom is 0.322 e. The Morgan fingerprint density at radius 2 is 1.77 bits per heavy atom. The number of fused-ring (bicyclic) bond motifs is 1. The maximum absolute atomic E-state index is 12.6. The van der Waals surface area contributed by atoms with Crippen molar-refractivity contribution in [2.24, 2.45) is 0 Å². The molecule has 2 amide bonds. The predicted molar refractivity (Wildman–Crippen MR) is 111 cm³/mol. The number of hydrogen-bond donors (Lipinski definition) is 3. The highest BCUT2D eigenvalue weighted by molar-refractivity contribution is 7.92. The van der Waals surface area contributed by atoms with Crippen molar-refractivity contribution in [2.75, 3.05) is 30.3 Å². The molecule has 1 fully saturated rings. The first-order chi connectivity index (χ1) is 14.3. The number of aliphatic carboxylic acids is 1. The van der Waals surface area contributed by atoms with Crippen LogP contribution >= 0.6 is 0 Å². The van der Waals surface area contributed by atoms with E-state index in [1.54, 1.807) is 17.0 Å². The van der Waals surface area contributed by atoms with E-state index in [2.05, 4.69) is 22.8 Å². The van der Waals surface area contributed by atoms with Crippen LogP contribution in [-0.4, -0.2) is 50.9 Å². The second kappa shape index (κ2) is 8.08. The van der Waals surface area contributed by atoms with Crippen molar-refractivity contribution in [3.63, 3.8) is 0 Å². The third-order valence-electron chi connectivity index (χ3n) is 5.52. The Kier molecular flexibility index (Phi) is 5.48. The smallest absolute Gasteiger partial charge is 0.322 e. The third kappa shape index (κ3) is 4.03. The molecule has 2 aromatic rings. The molecule has 0 spiro atoms. The van der Waals surface area contributed by atoms with E-state index in [1.165, 1.54) is 23.3 Å². The number of carboxylic acid groups (broad SMARTS) is 1. The Balaban J connectivity index is 1.62. The number of rotatable bonds is 5. The fraction of sp³-hybridized carbons (Fsp3) is 0.333.